The number of phenolic OH excluding ortho intramolecular Hbond substituents is 1. The van der Waals surface area contributed by atoms with E-state index < -0.39 is 0 Å². The summed E-state index contributed by atoms with van der Waals surface area (Å²) in [5, 5.41) is 9.61. The first-order valence-electron chi connectivity index (χ1n) is 7.51. The van der Waals surface area contributed by atoms with Crippen LogP contribution in [0.5, 0.6) is 5.75 Å². The van der Waals surface area contributed by atoms with Crippen molar-refractivity contribution in [1.82, 2.24) is 4.90 Å². The molecule has 4 heteroatoms. The van der Waals surface area contributed by atoms with Crippen LogP contribution in [0.15, 0.2) is 24.3 Å². The molecule has 0 spiro atoms. The van der Waals surface area contributed by atoms with Crippen molar-refractivity contribution in [2.75, 3.05) is 31.1 Å². The molecular weight excluding hydrogens is 250 g/mol. The number of anilines is 1. The minimum Gasteiger partial charge on any atom is -0.508 e. The third-order valence-corrected chi connectivity index (χ3v) is 4.20. The lowest BCUT2D eigenvalue weighted by Crippen LogP contribution is -2.55. The Balaban J connectivity index is 1.96. The lowest BCUT2D eigenvalue weighted by atomic mass is 10.0. The number of aromatic hydroxyl groups is 1. The van der Waals surface area contributed by atoms with Crippen LogP contribution >= 0.6 is 0 Å². The van der Waals surface area contributed by atoms with Crippen molar-refractivity contribution in [3.05, 3.63) is 24.3 Å². The third kappa shape index (κ3) is 3.64. The van der Waals surface area contributed by atoms with E-state index in [4.69, 9.17) is 5.73 Å². The normalized spacial score (nSPS) is 22.2. The highest BCUT2D eigenvalue weighted by molar-refractivity contribution is 5.51. The molecular formula is C16H27N3O. The number of hydrogen-bond acceptors (Lipinski definition) is 4. The fourth-order valence-corrected chi connectivity index (χ4v) is 2.76. The average molecular weight is 277 g/mol. The first kappa shape index (κ1) is 15.1. The Bertz CT molecular complexity index is 435. The highest BCUT2D eigenvalue weighted by Gasteiger charge is 2.25. The number of hydrogen-bond donors (Lipinski definition) is 2. The molecule has 0 saturated carbocycles. The number of piperazine rings is 1. The van der Waals surface area contributed by atoms with Crippen molar-refractivity contribution in [3.63, 3.8) is 0 Å². The topological polar surface area (TPSA) is 52.7 Å². The summed E-state index contributed by atoms with van der Waals surface area (Å²) in [7, 11) is 0. The summed E-state index contributed by atoms with van der Waals surface area (Å²) in [6.07, 6.45) is 0. The molecule has 0 aromatic heterocycles. The molecule has 1 heterocycles. The number of nitrogens with zero attached hydrogens (tertiary/aromatic N) is 2. The molecule has 2 rings (SSSR count). The lowest BCUT2D eigenvalue weighted by Gasteiger charge is -2.42. The van der Waals surface area contributed by atoms with E-state index in [9.17, 15) is 5.11 Å². The van der Waals surface area contributed by atoms with Crippen LogP contribution in [0.1, 0.15) is 20.8 Å². The fourth-order valence-electron chi connectivity index (χ4n) is 2.76. The zero-order valence-corrected chi connectivity index (χ0v) is 12.8. The maximum absolute atomic E-state index is 9.61. The van der Waals surface area contributed by atoms with Gasteiger partial charge in [0.1, 0.15) is 5.75 Å². The second kappa shape index (κ2) is 6.46. The molecule has 1 aliphatic rings. The Morgan fingerprint density at radius 3 is 2.70 bits per heavy atom. The van der Waals surface area contributed by atoms with Gasteiger partial charge in [0.25, 0.3) is 0 Å². The predicted octanol–water partition coefficient (Wildman–Crippen LogP) is 1.89. The Kier molecular flexibility index (Phi) is 4.89. The van der Waals surface area contributed by atoms with Crippen molar-refractivity contribution >= 4 is 5.69 Å². The maximum Gasteiger partial charge on any atom is 0.117 e. The van der Waals surface area contributed by atoms with E-state index in [0.29, 0.717) is 17.7 Å². The van der Waals surface area contributed by atoms with E-state index in [-0.39, 0.29) is 6.04 Å². The Hall–Kier alpha value is -1.26. The molecule has 0 radical (unpaired) electrons. The molecule has 0 unspecified atom stereocenters. The van der Waals surface area contributed by atoms with Crippen LogP contribution in [0.25, 0.3) is 0 Å². The second-order valence-corrected chi connectivity index (χ2v) is 6.23. The quantitative estimate of drug-likeness (QED) is 0.882. The van der Waals surface area contributed by atoms with Crippen LogP contribution in [0, 0.1) is 5.92 Å². The number of nitrogens with two attached hydrogens (primary N) is 1. The van der Waals surface area contributed by atoms with Gasteiger partial charge in [0, 0.05) is 50.0 Å². The fraction of sp³-hybridized carbons (Fsp3) is 0.625. The largest absolute Gasteiger partial charge is 0.508 e. The highest BCUT2D eigenvalue weighted by Crippen LogP contribution is 2.24. The minimum absolute atomic E-state index is 0.245. The van der Waals surface area contributed by atoms with Gasteiger partial charge < -0.3 is 15.7 Å². The van der Waals surface area contributed by atoms with Crippen LogP contribution in [0.4, 0.5) is 5.69 Å². The van der Waals surface area contributed by atoms with Gasteiger partial charge in [0.05, 0.1) is 0 Å². The van der Waals surface area contributed by atoms with Crippen molar-refractivity contribution in [2.24, 2.45) is 11.7 Å². The van der Waals surface area contributed by atoms with Crippen molar-refractivity contribution in [2.45, 2.75) is 32.9 Å². The summed E-state index contributed by atoms with van der Waals surface area (Å²) in [5.41, 5.74) is 7.27. The van der Waals surface area contributed by atoms with Gasteiger partial charge in [-0.3, -0.25) is 4.90 Å². The Morgan fingerprint density at radius 2 is 2.10 bits per heavy atom. The third-order valence-electron chi connectivity index (χ3n) is 4.20. The number of phenols is 1. The summed E-state index contributed by atoms with van der Waals surface area (Å²) < 4.78 is 0. The van der Waals surface area contributed by atoms with E-state index in [1.807, 2.05) is 12.1 Å². The number of benzene rings is 1. The minimum atomic E-state index is 0.245. The summed E-state index contributed by atoms with van der Waals surface area (Å²) in [4.78, 5) is 4.81. The molecule has 20 heavy (non-hydrogen) atoms. The van der Waals surface area contributed by atoms with E-state index in [1.165, 1.54) is 0 Å². The average Bonchev–Trinajstić information content (AvgIpc) is 2.38. The molecule has 1 fully saturated rings. The predicted molar refractivity (Wildman–Crippen MR) is 84.2 cm³/mol. The molecule has 1 aromatic rings. The first-order valence-corrected chi connectivity index (χ1v) is 7.51. The molecule has 3 N–H and O–H groups in total. The van der Waals surface area contributed by atoms with E-state index in [0.717, 1.165) is 31.9 Å². The monoisotopic (exact) mass is 277 g/mol. The van der Waals surface area contributed by atoms with Crippen LogP contribution in [0.3, 0.4) is 0 Å². The molecule has 1 saturated heterocycles. The summed E-state index contributed by atoms with van der Waals surface area (Å²) in [6.45, 7) is 10.6. The zero-order chi connectivity index (χ0) is 14.7. The highest BCUT2D eigenvalue weighted by atomic mass is 16.3. The molecule has 1 aromatic carbocycles. The summed E-state index contributed by atoms with van der Waals surface area (Å²) in [6, 6.07) is 8.20. The summed E-state index contributed by atoms with van der Waals surface area (Å²) >= 11 is 0. The van der Waals surface area contributed by atoms with E-state index in [2.05, 4.69) is 36.6 Å². The lowest BCUT2D eigenvalue weighted by molar-refractivity contribution is 0.203. The van der Waals surface area contributed by atoms with E-state index >= 15 is 0 Å². The van der Waals surface area contributed by atoms with Gasteiger partial charge in [-0.2, -0.15) is 0 Å². The standard InChI is InChI=1S/C16H27N3O/c1-12(2)16(17)11-18-7-8-19(13(3)10-18)14-5-4-6-15(20)9-14/h4-6,9,12-13,16,20H,7-8,10-11,17H2,1-3H3/t13-,16-/m1/s1. The van der Waals surface area contributed by atoms with Crippen LogP contribution in [-0.4, -0.2) is 48.3 Å². The molecule has 0 bridgehead atoms. The smallest absolute Gasteiger partial charge is 0.117 e. The van der Waals surface area contributed by atoms with Gasteiger partial charge >= 0.3 is 0 Å². The molecule has 0 aliphatic carbocycles. The van der Waals surface area contributed by atoms with Crippen LogP contribution in [-0.2, 0) is 0 Å². The Morgan fingerprint density at radius 1 is 1.35 bits per heavy atom. The molecule has 112 valence electrons. The summed E-state index contributed by atoms with van der Waals surface area (Å²) in [5.74, 6) is 0.855. The van der Waals surface area contributed by atoms with Crippen molar-refractivity contribution in [1.29, 1.82) is 0 Å². The van der Waals surface area contributed by atoms with Crippen molar-refractivity contribution in [3.8, 4) is 5.75 Å². The second-order valence-electron chi connectivity index (χ2n) is 6.23. The molecule has 2 atom stereocenters. The molecule has 0 amide bonds. The van der Waals surface area contributed by atoms with Crippen LogP contribution < -0.4 is 10.6 Å². The van der Waals surface area contributed by atoms with Gasteiger partial charge in [0.15, 0.2) is 0 Å². The van der Waals surface area contributed by atoms with Gasteiger partial charge in [-0.25, -0.2) is 0 Å². The maximum atomic E-state index is 9.61. The van der Waals surface area contributed by atoms with E-state index in [1.54, 1.807) is 6.07 Å². The zero-order valence-electron chi connectivity index (χ0n) is 12.8. The van der Waals surface area contributed by atoms with Gasteiger partial charge in [-0.05, 0) is 25.0 Å². The van der Waals surface area contributed by atoms with Gasteiger partial charge in [0.2, 0.25) is 0 Å². The first-order chi connectivity index (χ1) is 9.47. The number of rotatable bonds is 4. The van der Waals surface area contributed by atoms with Crippen molar-refractivity contribution < 1.29 is 5.11 Å². The molecule has 4 nitrogen and oxygen atoms in total. The molecule has 1 aliphatic heterocycles. The van der Waals surface area contributed by atoms with Gasteiger partial charge in [-0.1, -0.05) is 19.9 Å². The SMILES string of the molecule is CC(C)[C@H](N)CN1CCN(c2cccc(O)c2)[C@H](C)C1. The van der Waals surface area contributed by atoms with Gasteiger partial charge in [-0.15, -0.1) is 0 Å². The van der Waals surface area contributed by atoms with Crippen LogP contribution in [0.2, 0.25) is 0 Å². The Labute approximate surface area is 122 Å².